The van der Waals surface area contributed by atoms with E-state index in [4.69, 9.17) is 0 Å². The summed E-state index contributed by atoms with van der Waals surface area (Å²) in [4.78, 5) is 13.4. The first-order valence-electron chi connectivity index (χ1n) is 4.51. The maximum Gasteiger partial charge on any atom is 0.270 e. The number of aromatic nitrogens is 1. The fraction of sp³-hybridized carbons (Fsp3) is 0.0909. The van der Waals surface area contributed by atoms with Crippen molar-refractivity contribution in [2.45, 2.75) is 6.92 Å². The van der Waals surface area contributed by atoms with Gasteiger partial charge in [0.15, 0.2) is 0 Å². The lowest BCUT2D eigenvalue weighted by Gasteiger charge is -2.02. The topological polar surface area (TPSA) is 58.9 Å². The molecule has 0 aliphatic rings. The van der Waals surface area contributed by atoms with E-state index in [1.807, 2.05) is 13.0 Å². The van der Waals surface area contributed by atoms with Crippen molar-refractivity contribution in [3.05, 3.63) is 46.7 Å². The van der Waals surface area contributed by atoms with E-state index < -0.39 is 4.92 Å². The molecule has 1 aromatic heterocycles. The molecule has 0 bridgehead atoms. The Hall–Kier alpha value is -2.10. The molecule has 4 heteroatoms. The van der Waals surface area contributed by atoms with Gasteiger partial charge in [-0.2, -0.15) is 0 Å². The average molecular weight is 202 g/mol. The normalized spacial score (nSPS) is 10.5. The number of hydrogen-bond donors (Lipinski definition) is 1. The number of allylic oxidation sites excluding steroid dienone is 1. The van der Waals surface area contributed by atoms with E-state index in [2.05, 4.69) is 11.6 Å². The van der Waals surface area contributed by atoms with Crippen molar-refractivity contribution in [1.29, 1.82) is 0 Å². The third-order valence-electron chi connectivity index (χ3n) is 2.31. The van der Waals surface area contributed by atoms with Crippen LogP contribution in [0.3, 0.4) is 0 Å². The van der Waals surface area contributed by atoms with Crippen molar-refractivity contribution in [1.82, 2.24) is 4.98 Å². The Bertz CT molecular complexity index is 555. The quantitative estimate of drug-likeness (QED) is 0.600. The summed E-state index contributed by atoms with van der Waals surface area (Å²) in [5, 5.41) is 11.5. The third kappa shape index (κ3) is 1.50. The van der Waals surface area contributed by atoms with E-state index in [9.17, 15) is 10.1 Å². The van der Waals surface area contributed by atoms with Gasteiger partial charge >= 0.3 is 0 Å². The predicted molar refractivity (Wildman–Crippen MR) is 59.7 cm³/mol. The van der Waals surface area contributed by atoms with Gasteiger partial charge in [-0.3, -0.25) is 10.1 Å². The molecule has 2 aromatic rings. The molecule has 0 aliphatic heterocycles. The minimum atomic E-state index is -0.390. The van der Waals surface area contributed by atoms with Crippen molar-refractivity contribution in [3.8, 4) is 0 Å². The van der Waals surface area contributed by atoms with Crippen LogP contribution < -0.4 is 0 Å². The number of benzene rings is 1. The number of rotatable bonds is 2. The van der Waals surface area contributed by atoms with Gasteiger partial charge in [0.1, 0.15) is 0 Å². The van der Waals surface area contributed by atoms with E-state index in [1.165, 1.54) is 0 Å². The number of nitrogens with zero attached hydrogens (tertiary/aromatic N) is 1. The third-order valence-corrected chi connectivity index (χ3v) is 2.31. The second-order valence-electron chi connectivity index (χ2n) is 3.47. The number of nitro groups is 1. The lowest BCUT2D eigenvalue weighted by Crippen LogP contribution is -1.90. The molecule has 0 atom stereocenters. The van der Waals surface area contributed by atoms with Gasteiger partial charge in [-0.05, 0) is 18.6 Å². The highest BCUT2D eigenvalue weighted by Crippen LogP contribution is 2.28. The van der Waals surface area contributed by atoms with Crippen LogP contribution in [0.5, 0.6) is 0 Å². The fourth-order valence-electron chi connectivity index (χ4n) is 1.60. The van der Waals surface area contributed by atoms with Crippen LogP contribution in [0, 0.1) is 10.1 Å². The fourth-order valence-corrected chi connectivity index (χ4v) is 1.60. The molecule has 0 saturated carbocycles. The van der Waals surface area contributed by atoms with Gasteiger partial charge in [0, 0.05) is 29.3 Å². The Morgan fingerprint density at radius 2 is 2.27 bits per heavy atom. The minimum Gasteiger partial charge on any atom is -0.361 e. The van der Waals surface area contributed by atoms with Crippen LogP contribution in [0.4, 0.5) is 5.69 Å². The van der Waals surface area contributed by atoms with Gasteiger partial charge in [0.25, 0.3) is 5.69 Å². The largest absolute Gasteiger partial charge is 0.361 e. The Morgan fingerprint density at radius 1 is 1.53 bits per heavy atom. The van der Waals surface area contributed by atoms with Crippen LogP contribution in [-0.4, -0.2) is 9.91 Å². The summed E-state index contributed by atoms with van der Waals surface area (Å²) in [6, 6.07) is 4.91. The lowest BCUT2D eigenvalue weighted by atomic mass is 10.1. The zero-order chi connectivity index (χ0) is 11.0. The van der Waals surface area contributed by atoms with Gasteiger partial charge in [0.05, 0.1) is 10.4 Å². The minimum absolute atomic E-state index is 0.0973. The molecule has 0 amide bonds. The summed E-state index contributed by atoms with van der Waals surface area (Å²) < 4.78 is 0. The van der Waals surface area contributed by atoms with E-state index in [0.717, 1.165) is 22.0 Å². The highest BCUT2D eigenvalue weighted by Gasteiger charge is 2.12. The SMILES string of the molecule is C=C(C)c1cc([N+](=O)[O-])cc2cc[nH]c12. The second kappa shape index (κ2) is 3.24. The first-order chi connectivity index (χ1) is 7.09. The molecular formula is C11H10N2O2. The number of nitro benzene ring substituents is 1. The van der Waals surface area contributed by atoms with Gasteiger partial charge in [0.2, 0.25) is 0 Å². The van der Waals surface area contributed by atoms with Crippen LogP contribution in [0.2, 0.25) is 0 Å². The highest BCUT2D eigenvalue weighted by atomic mass is 16.6. The Balaban J connectivity index is 2.80. The van der Waals surface area contributed by atoms with Crippen LogP contribution >= 0.6 is 0 Å². The molecule has 2 rings (SSSR count). The van der Waals surface area contributed by atoms with E-state index >= 15 is 0 Å². The molecule has 0 aliphatic carbocycles. The summed E-state index contributed by atoms with van der Waals surface area (Å²) in [6.45, 7) is 5.65. The lowest BCUT2D eigenvalue weighted by molar-refractivity contribution is -0.384. The molecule has 0 radical (unpaired) electrons. The van der Waals surface area contributed by atoms with Crippen molar-refractivity contribution in [2.24, 2.45) is 0 Å². The van der Waals surface area contributed by atoms with Gasteiger partial charge in [-0.15, -0.1) is 0 Å². The van der Waals surface area contributed by atoms with Gasteiger partial charge < -0.3 is 4.98 Å². The summed E-state index contributed by atoms with van der Waals surface area (Å²) in [5.74, 6) is 0. The van der Waals surface area contributed by atoms with Gasteiger partial charge in [-0.1, -0.05) is 6.58 Å². The number of non-ortho nitro benzene ring substituents is 1. The van der Waals surface area contributed by atoms with Crippen LogP contribution in [0.15, 0.2) is 31.0 Å². The maximum absolute atomic E-state index is 10.7. The maximum atomic E-state index is 10.7. The smallest absolute Gasteiger partial charge is 0.270 e. The molecule has 76 valence electrons. The monoisotopic (exact) mass is 202 g/mol. The van der Waals surface area contributed by atoms with Crippen molar-refractivity contribution in [3.63, 3.8) is 0 Å². The van der Waals surface area contributed by atoms with Crippen LogP contribution in [-0.2, 0) is 0 Å². The van der Waals surface area contributed by atoms with Crippen molar-refractivity contribution >= 4 is 22.2 Å². The first kappa shape index (κ1) is 9.45. The Kier molecular flexibility index (Phi) is 2.04. The standard InChI is InChI=1S/C11H10N2O2/c1-7(2)10-6-9(13(14)15)5-8-3-4-12-11(8)10/h3-6,12H,1H2,2H3. The summed E-state index contributed by atoms with van der Waals surface area (Å²) >= 11 is 0. The molecule has 0 saturated heterocycles. The van der Waals surface area contributed by atoms with E-state index in [0.29, 0.717) is 0 Å². The molecule has 1 aromatic carbocycles. The number of hydrogen-bond acceptors (Lipinski definition) is 2. The molecule has 0 fully saturated rings. The zero-order valence-corrected chi connectivity index (χ0v) is 8.28. The van der Waals surface area contributed by atoms with Crippen LogP contribution in [0.1, 0.15) is 12.5 Å². The summed E-state index contributed by atoms with van der Waals surface area (Å²) in [5.41, 5.74) is 2.60. The van der Waals surface area contributed by atoms with E-state index in [1.54, 1.807) is 18.3 Å². The van der Waals surface area contributed by atoms with Crippen LogP contribution in [0.25, 0.3) is 16.5 Å². The summed E-state index contributed by atoms with van der Waals surface area (Å²) in [7, 11) is 0. The van der Waals surface area contributed by atoms with Crippen molar-refractivity contribution in [2.75, 3.05) is 0 Å². The molecule has 0 unspecified atom stereocenters. The van der Waals surface area contributed by atoms with Crippen molar-refractivity contribution < 1.29 is 4.92 Å². The number of H-pyrrole nitrogens is 1. The molecular weight excluding hydrogens is 192 g/mol. The first-order valence-corrected chi connectivity index (χ1v) is 4.51. The Labute approximate surface area is 86.4 Å². The molecule has 4 nitrogen and oxygen atoms in total. The highest BCUT2D eigenvalue weighted by molar-refractivity contribution is 5.92. The molecule has 15 heavy (non-hydrogen) atoms. The average Bonchev–Trinajstić information content (AvgIpc) is 2.62. The number of nitrogens with one attached hydrogen (secondary N) is 1. The number of fused-ring (bicyclic) bond motifs is 1. The van der Waals surface area contributed by atoms with Gasteiger partial charge in [-0.25, -0.2) is 0 Å². The summed E-state index contributed by atoms with van der Waals surface area (Å²) in [6.07, 6.45) is 1.76. The number of aromatic amines is 1. The van der Waals surface area contributed by atoms with E-state index in [-0.39, 0.29) is 5.69 Å². The zero-order valence-electron chi connectivity index (χ0n) is 8.28. The molecule has 1 heterocycles. The second-order valence-corrected chi connectivity index (χ2v) is 3.47. The predicted octanol–water partition coefficient (Wildman–Crippen LogP) is 3.11. The molecule has 1 N–H and O–H groups in total. The Morgan fingerprint density at radius 3 is 2.87 bits per heavy atom. The molecule has 0 spiro atoms.